The van der Waals surface area contributed by atoms with E-state index in [0.717, 1.165) is 45.2 Å². The van der Waals surface area contributed by atoms with Crippen LogP contribution in [0.25, 0.3) is 0 Å². The van der Waals surface area contributed by atoms with Gasteiger partial charge in [-0.1, -0.05) is 0 Å². The number of hydrogen-bond acceptors (Lipinski definition) is 8. The van der Waals surface area contributed by atoms with E-state index in [9.17, 15) is 18.5 Å². The summed E-state index contributed by atoms with van der Waals surface area (Å²) in [6.45, 7) is 4.14. The van der Waals surface area contributed by atoms with Crippen LogP contribution in [-0.2, 0) is 19.5 Å². The summed E-state index contributed by atoms with van der Waals surface area (Å²) in [6, 6.07) is 4.05. The summed E-state index contributed by atoms with van der Waals surface area (Å²) >= 11 is 0. The third kappa shape index (κ3) is 5.14. The third-order valence-electron chi connectivity index (χ3n) is 4.89. The van der Waals surface area contributed by atoms with Gasteiger partial charge in [-0.2, -0.15) is 0 Å². The van der Waals surface area contributed by atoms with Crippen LogP contribution in [0.4, 0.5) is 11.4 Å². The van der Waals surface area contributed by atoms with Crippen molar-refractivity contribution in [3.63, 3.8) is 0 Å². The highest BCUT2D eigenvalue weighted by Crippen LogP contribution is 2.27. The van der Waals surface area contributed by atoms with Crippen LogP contribution in [0.5, 0.6) is 0 Å². The summed E-state index contributed by atoms with van der Waals surface area (Å²) in [7, 11) is -4.00. The molecule has 1 unspecified atom stereocenters. The van der Waals surface area contributed by atoms with Gasteiger partial charge in [-0.25, -0.2) is 13.6 Å². The van der Waals surface area contributed by atoms with E-state index in [-0.39, 0.29) is 22.4 Å². The van der Waals surface area contributed by atoms with Crippen molar-refractivity contribution >= 4 is 21.4 Å². The molecule has 27 heavy (non-hydrogen) atoms. The normalized spacial score (nSPS) is 22.5. The van der Waals surface area contributed by atoms with Crippen LogP contribution in [0, 0.1) is 10.1 Å². The number of nitro groups is 1. The number of nitrogens with one attached hydrogen (secondary N) is 1. The fraction of sp³-hybridized carbons (Fsp3) is 0.625. The molecule has 0 radical (unpaired) electrons. The molecule has 11 heteroatoms. The molecular weight excluding hydrogens is 376 g/mol. The van der Waals surface area contributed by atoms with Gasteiger partial charge < -0.3 is 14.8 Å². The van der Waals surface area contributed by atoms with Crippen molar-refractivity contribution in [3.05, 3.63) is 28.3 Å². The summed E-state index contributed by atoms with van der Waals surface area (Å²) in [5.74, 6) is 0. The lowest BCUT2D eigenvalue weighted by Gasteiger charge is -2.39. The van der Waals surface area contributed by atoms with Gasteiger partial charge in [-0.15, -0.1) is 0 Å². The summed E-state index contributed by atoms with van der Waals surface area (Å²) in [5.41, 5.74) is -0.0993. The maximum Gasteiger partial charge on any atom is 0.293 e. The van der Waals surface area contributed by atoms with Crippen molar-refractivity contribution < 1.29 is 22.8 Å². The Morgan fingerprint density at radius 2 is 2.04 bits per heavy atom. The van der Waals surface area contributed by atoms with Crippen molar-refractivity contribution in [3.8, 4) is 0 Å². The highest BCUT2D eigenvalue weighted by Gasteiger charge is 2.28. The van der Waals surface area contributed by atoms with E-state index in [0.29, 0.717) is 19.2 Å². The molecule has 1 atom stereocenters. The maximum absolute atomic E-state index is 11.4. The van der Waals surface area contributed by atoms with E-state index >= 15 is 0 Å². The van der Waals surface area contributed by atoms with Crippen LogP contribution in [-0.4, -0.2) is 69.8 Å². The number of morpholine rings is 1. The second kappa shape index (κ2) is 8.48. The van der Waals surface area contributed by atoms with Crippen molar-refractivity contribution in [1.29, 1.82) is 0 Å². The first-order chi connectivity index (χ1) is 12.8. The van der Waals surface area contributed by atoms with Crippen molar-refractivity contribution in [2.24, 2.45) is 5.14 Å². The molecule has 0 saturated carbocycles. The van der Waals surface area contributed by atoms with E-state index in [4.69, 9.17) is 14.6 Å². The van der Waals surface area contributed by atoms with Crippen LogP contribution >= 0.6 is 0 Å². The summed E-state index contributed by atoms with van der Waals surface area (Å²) < 4.78 is 34.0. The number of sulfonamides is 1. The van der Waals surface area contributed by atoms with Gasteiger partial charge in [-0.3, -0.25) is 15.0 Å². The van der Waals surface area contributed by atoms with E-state index in [1.807, 2.05) is 0 Å². The lowest BCUT2D eigenvalue weighted by atomic mass is 10.1. The Bertz CT molecular complexity index is 781. The van der Waals surface area contributed by atoms with Crippen molar-refractivity contribution in [1.82, 2.24) is 4.90 Å². The Balaban J connectivity index is 1.64. The van der Waals surface area contributed by atoms with Crippen LogP contribution in [0.2, 0.25) is 0 Å². The Morgan fingerprint density at radius 3 is 2.70 bits per heavy atom. The average molecular weight is 400 g/mol. The van der Waals surface area contributed by atoms with Gasteiger partial charge in [0, 0.05) is 45.0 Å². The van der Waals surface area contributed by atoms with Gasteiger partial charge in [0.2, 0.25) is 10.0 Å². The number of hydrogen-bond donors (Lipinski definition) is 2. The topological polar surface area (TPSA) is 137 Å². The number of primary sulfonamides is 1. The van der Waals surface area contributed by atoms with Gasteiger partial charge in [0.05, 0.1) is 22.5 Å². The molecule has 2 heterocycles. The Kier molecular flexibility index (Phi) is 6.27. The van der Waals surface area contributed by atoms with Gasteiger partial charge in [0.25, 0.3) is 5.69 Å². The minimum absolute atomic E-state index is 0.112. The summed E-state index contributed by atoms with van der Waals surface area (Å²) in [4.78, 5) is 12.8. The number of ether oxygens (including phenoxy) is 2. The highest BCUT2D eigenvalue weighted by molar-refractivity contribution is 7.89. The fourth-order valence-corrected chi connectivity index (χ4v) is 3.99. The van der Waals surface area contributed by atoms with Gasteiger partial charge >= 0.3 is 0 Å². The Labute approximate surface area is 157 Å². The van der Waals surface area contributed by atoms with Gasteiger partial charge in [0.15, 0.2) is 0 Å². The minimum Gasteiger partial charge on any atom is -0.381 e. The molecule has 1 aromatic carbocycles. The number of nitrogens with two attached hydrogens (primary N) is 1. The molecule has 10 nitrogen and oxygen atoms in total. The van der Waals surface area contributed by atoms with Gasteiger partial charge in [0.1, 0.15) is 5.69 Å². The minimum atomic E-state index is -4.00. The lowest BCUT2D eigenvalue weighted by molar-refractivity contribution is -0.384. The first-order valence-corrected chi connectivity index (χ1v) is 10.4. The van der Waals surface area contributed by atoms with E-state index in [1.54, 1.807) is 0 Å². The molecule has 0 aliphatic carbocycles. The molecule has 0 amide bonds. The maximum atomic E-state index is 11.4. The zero-order valence-corrected chi connectivity index (χ0v) is 15.7. The molecule has 3 N–H and O–H groups in total. The quantitative estimate of drug-likeness (QED) is 0.521. The number of benzene rings is 1. The lowest BCUT2D eigenvalue weighted by Crippen LogP contribution is -2.51. The van der Waals surface area contributed by atoms with Crippen LogP contribution in [0.1, 0.15) is 12.8 Å². The monoisotopic (exact) mass is 400 g/mol. The van der Waals surface area contributed by atoms with E-state index < -0.39 is 14.9 Å². The van der Waals surface area contributed by atoms with Crippen LogP contribution < -0.4 is 10.5 Å². The molecule has 1 aromatic rings. The molecule has 2 saturated heterocycles. The third-order valence-corrected chi connectivity index (χ3v) is 5.80. The average Bonchev–Trinajstić information content (AvgIpc) is 2.66. The summed E-state index contributed by atoms with van der Waals surface area (Å²) in [6.07, 6.45) is 1.89. The standard InChI is InChI=1S/C16H24N4O6S/c17-27(23,24)14-1-2-15(16(9-14)20(21)22)18-10-13-11-19(5-8-26-13)12-3-6-25-7-4-12/h1-2,9,12-13,18H,3-8,10-11H2,(H2,17,23,24). The molecule has 0 aromatic heterocycles. The van der Waals surface area contributed by atoms with E-state index in [1.165, 1.54) is 12.1 Å². The number of rotatable bonds is 6. The molecule has 3 rings (SSSR count). The second-order valence-corrected chi connectivity index (χ2v) is 8.25. The Hall–Kier alpha value is -1.79. The smallest absolute Gasteiger partial charge is 0.293 e. The van der Waals surface area contributed by atoms with E-state index in [2.05, 4.69) is 10.2 Å². The highest BCUT2D eigenvalue weighted by atomic mass is 32.2. The zero-order chi connectivity index (χ0) is 19.4. The number of nitro benzene ring substituents is 1. The Morgan fingerprint density at radius 1 is 1.30 bits per heavy atom. The molecule has 2 aliphatic heterocycles. The van der Waals surface area contributed by atoms with Crippen molar-refractivity contribution in [2.75, 3.05) is 44.8 Å². The molecule has 0 spiro atoms. The molecule has 150 valence electrons. The molecule has 0 bridgehead atoms. The number of nitrogens with zero attached hydrogens (tertiary/aromatic N) is 2. The largest absolute Gasteiger partial charge is 0.381 e. The fourth-order valence-electron chi connectivity index (χ4n) is 3.46. The SMILES string of the molecule is NS(=O)(=O)c1ccc(NCC2CN(C3CCOCC3)CCO2)c([N+](=O)[O-])c1. The predicted molar refractivity (Wildman–Crippen MR) is 98.1 cm³/mol. The second-order valence-electron chi connectivity index (χ2n) is 6.69. The van der Waals surface area contributed by atoms with Crippen LogP contribution in [0.15, 0.2) is 23.1 Å². The first-order valence-electron chi connectivity index (χ1n) is 8.83. The predicted octanol–water partition coefficient (Wildman–Crippen LogP) is 0.534. The zero-order valence-electron chi connectivity index (χ0n) is 14.9. The molecule has 2 fully saturated rings. The summed E-state index contributed by atoms with van der Waals surface area (Å²) in [5, 5.41) is 19.3. The van der Waals surface area contributed by atoms with Gasteiger partial charge in [-0.05, 0) is 25.0 Å². The molecule has 2 aliphatic rings. The van der Waals surface area contributed by atoms with Crippen LogP contribution in [0.3, 0.4) is 0 Å². The number of anilines is 1. The first kappa shape index (κ1) is 20.0. The molecular formula is C16H24N4O6S. The van der Waals surface area contributed by atoms with Crippen molar-refractivity contribution in [2.45, 2.75) is 29.9 Å².